The van der Waals surface area contributed by atoms with Gasteiger partial charge in [-0.25, -0.2) is 0 Å². The Morgan fingerprint density at radius 2 is 1.57 bits per heavy atom. The van der Waals surface area contributed by atoms with Crippen molar-refractivity contribution in [2.24, 2.45) is 0 Å². The monoisotopic (exact) mass is 464 g/mol. The number of benzene rings is 4. The van der Waals surface area contributed by atoms with Gasteiger partial charge in [0.2, 0.25) is 0 Å². The van der Waals surface area contributed by atoms with Crippen LogP contribution in [0.15, 0.2) is 97.1 Å². The van der Waals surface area contributed by atoms with Gasteiger partial charge in [-0.3, -0.25) is 4.79 Å². The lowest BCUT2D eigenvalue weighted by Crippen LogP contribution is -2.20. The number of allylic oxidation sites excluding steroid dienone is 1. The van der Waals surface area contributed by atoms with Gasteiger partial charge in [0.05, 0.1) is 5.56 Å². The highest BCUT2D eigenvalue weighted by molar-refractivity contribution is 6.09. The molecule has 5 heteroatoms. The summed E-state index contributed by atoms with van der Waals surface area (Å²) in [5.41, 5.74) is 2.88. The maximum absolute atomic E-state index is 13.0. The van der Waals surface area contributed by atoms with E-state index in [0.717, 1.165) is 11.1 Å². The number of aromatic hydroxyl groups is 3. The van der Waals surface area contributed by atoms with Crippen molar-refractivity contribution in [3.63, 3.8) is 0 Å². The zero-order chi connectivity index (χ0) is 24.4. The predicted octanol–water partition coefficient (Wildman–Crippen LogP) is 6.36. The predicted molar refractivity (Wildman–Crippen MR) is 134 cm³/mol. The van der Waals surface area contributed by atoms with Gasteiger partial charge in [-0.05, 0) is 41.8 Å². The van der Waals surface area contributed by atoms with E-state index in [1.165, 1.54) is 24.3 Å². The van der Waals surface area contributed by atoms with E-state index in [9.17, 15) is 20.1 Å². The molecule has 4 aromatic rings. The van der Waals surface area contributed by atoms with Crippen LogP contribution in [0.4, 0.5) is 0 Å². The number of ether oxygens (including phenoxy) is 1. The Morgan fingerprint density at radius 1 is 0.857 bits per heavy atom. The van der Waals surface area contributed by atoms with Gasteiger partial charge in [-0.2, -0.15) is 0 Å². The second-order valence-corrected chi connectivity index (χ2v) is 8.53. The molecule has 3 N–H and O–H groups in total. The number of hydrogen-bond donors (Lipinski definition) is 3. The van der Waals surface area contributed by atoms with Gasteiger partial charge in [-0.1, -0.05) is 72.8 Å². The lowest BCUT2D eigenvalue weighted by Gasteiger charge is -2.33. The third-order valence-corrected chi connectivity index (χ3v) is 6.30. The SMILES string of the molecule is O=C(/C=C/c1ccccc1)c1ccc(O)c([C@H]2C[C@H](c3ccccc3)Oc3cc(O)ccc32)c1O. The normalized spacial score (nSPS) is 17.0. The third-order valence-electron chi connectivity index (χ3n) is 6.30. The molecule has 0 aliphatic carbocycles. The summed E-state index contributed by atoms with van der Waals surface area (Å²) in [5, 5.41) is 32.1. The van der Waals surface area contributed by atoms with Crippen LogP contribution in [0.1, 0.15) is 51.1 Å². The van der Waals surface area contributed by atoms with Crippen molar-refractivity contribution >= 4 is 11.9 Å². The Hall–Kier alpha value is -4.51. The maximum Gasteiger partial charge on any atom is 0.189 e. The number of phenols is 3. The van der Waals surface area contributed by atoms with Gasteiger partial charge in [0.25, 0.3) is 0 Å². The van der Waals surface area contributed by atoms with Crippen LogP contribution in [0.5, 0.6) is 23.0 Å². The summed E-state index contributed by atoms with van der Waals surface area (Å²) in [5.74, 6) is -0.677. The average molecular weight is 465 g/mol. The quantitative estimate of drug-likeness (QED) is 0.236. The van der Waals surface area contributed by atoms with Crippen LogP contribution in [0.2, 0.25) is 0 Å². The first-order chi connectivity index (χ1) is 17.0. The summed E-state index contributed by atoms with van der Waals surface area (Å²) in [6.45, 7) is 0. The molecular formula is C30H24O5. The molecule has 0 bridgehead atoms. The molecule has 4 aromatic carbocycles. The van der Waals surface area contributed by atoms with E-state index in [0.29, 0.717) is 17.7 Å². The molecule has 0 saturated heterocycles. The molecule has 0 fully saturated rings. The van der Waals surface area contributed by atoms with E-state index in [2.05, 4.69) is 0 Å². The molecular weight excluding hydrogens is 440 g/mol. The van der Waals surface area contributed by atoms with Gasteiger partial charge >= 0.3 is 0 Å². The topological polar surface area (TPSA) is 87.0 Å². The van der Waals surface area contributed by atoms with E-state index < -0.39 is 5.92 Å². The summed E-state index contributed by atoms with van der Waals surface area (Å²) in [6, 6.07) is 26.7. The van der Waals surface area contributed by atoms with E-state index in [4.69, 9.17) is 4.74 Å². The highest BCUT2D eigenvalue weighted by Gasteiger charge is 2.34. The first-order valence-electron chi connectivity index (χ1n) is 11.4. The van der Waals surface area contributed by atoms with Crippen LogP contribution in [0, 0.1) is 0 Å². The molecule has 5 rings (SSSR count). The van der Waals surface area contributed by atoms with E-state index in [1.807, 2.05) is 60.7 Å². The fourth-order valence-electron chi connectivity index (χ4n) is 4.57. The van der Waals surface area contributed by atoms with Crippen molar-refractivity contribution in [2.75, 3.05) is 0 Å². The highest BCUT2D eigenvalue weighted by atomic mass is 16.5. The number of phenolic OH excluding ortho intramolecular Hbond substituents is 3. The van der Waals surface area contributed by atoms with Gasteiger partial charge in [0.1, 0.15) is 29.1 Å². The molecule has 0 aromatic heterocycles. The highest BCUT2D eigenvalue weighted by Crippen LogP contribution is 2.51. The lowest BCUT2D eigenvalue weighted by molar-refractivity contribution is 0.104. The fraction of sp³-hybridized carbons (Fsp3) is 0.100. The number of rotatable bonds is 5. The first kappa shape index (κ1) is 22.3. The van der Waals surface area contributed by atoms with E-state index in [1.54, 1.807) is 18.2 Å². The summed E-state index contributed by atoms with van der Waals surface area (Å²) >= 11 is 0. The second kappa shape index (κ2) is 9.39. The second-order valence-electron chi connectivity index (χ2n) is 8.53. The standard InChI is InChI=1S/C30H24O5/c31-21-12-13-22-24(18-27(35-28(22)17-21)20-9-5-2-6-10-20)29-26(33)16-14-23(30(29)34)25(32)15-11-19-7-3-1-4-8-19/h1-17,24,27,31,33-34H,18H2/b15-11+/t24-,27+/m0/s1. The Bertz CT molecular complexity index is 1390. The maximum atomic E-state index is 13.0. The molecule has 174 valence electrons. The molecule has 5 nitrogen and oxygen atoms in total. The van der Waals surface area contributed by atoms with Crippen molar-refractivity contribution in [3.05, 3.63) is 125 Å². The van der Waals surface area contributed by atoms with Crippen molar-refractivity contribution in [2.45, 2.75) is 18.4 Å². The van der Waals surface area contributed by atoms with Gasteiger partial charge in [0.15, 0.2) is 5.78 Å². The van der Waals surface area contributed by atoms with Gasteiger partial charge in [0, 0.05) is 23.1 Å². The zero-order valence-electron chi connectivity index (χ0n) is 18.8. The molecule has 0 unspecified atom stereocenters. The Morgan fingerprint density at radius 3 is 2.31 bits per heavy atom. The molecule has 0 spiro atoms. The molecule has 35 heavy (non-hydrogen) atoms. The van der Waals surface area contributed by atoms with Crippen molar-refractivity contribution in [1.82, 2.24) is 0 Å². The molecule has 0 amide bonds. The van der Waals surface area contributed by atoms with Crippen LogP contribution in [-0.4, -0.2) is 21.1 Å². The van der Waals surface area contributed by atoms with E-state index >= 15 is 0 Å². The third kappa shape index (κ3) is 4.49. The smallest absolute Gasteiger partial charge is 0.189 e. The number of fused-ring (bicyclic) bond motifs is 1. The summed E-state index contributed by atoms with van der Waals surface area (Å²) in [7, 11) is 0. The van der Waals surface area contributed by atoms with Crippen LogP contribution >= 0.6 is 0 Å². The average Bonchev–Trinajstić information content (AvgIpc) is 2.88. The minimum Gasteiger partial charge on any atom is -0.508 e. The molecule has 2 atom stereocenters. The van der Waals surface area contributed by atoms with Gasteiger partial charge in [-0.15, -0.1) is 0 Å². The van der Waals surface area contributed by atoms with Crippen LogP contribution in [0.25, 0.3) is 6.08 Å². The van der Waals surface area contributed by atoms with Crippen molar-refractivity contribution < 1.29 is 24.9 Å². The summed E-state index contributed by atoms with van der Waals surface area (Å²) in [6.07, 6.45) is 3.16. The lowest BCUT2D eigenvalue weighted by atomic mass is 9.81. The minimum absolute atomic E-state index is 0.0552. The Labute approximate surface area is 203 Å². The van der Waals surface area contributed by atoms with Gasteiger partial charge < -0.3 is 20.1 Å². The first-order valence-corrected chi connectivity index (χ1v) is 11.4. The Balaban J connectivity index is 1.56. The number of ketones is 1. The van der Waals surface area contributed by atoms with E-state index in [-0.39, 0.29) is 40.3 Å². The zero-order valence-corrected chi connectivity index (χ0v) is 18.8. The summed E-state index contributed by atoms with van der Waals surface area (Å²) in [4.78, 5) is 13.0. The largest absolute Gasteiger partial charge is 0.508 e. The molecule has 0 radical (unpaired) electrons. The van der Waals surface area contributed by atoms with Crippen molar-refractivity contribution in [1.29, 1.82) is 0 Å². The fourth-order valence-corrected chi connectivity index (χ4v) is 4.57. The number of carbonyl (C=O) groups is 1. The molecule has 1 aliphatic heterocycles. The molecule has 1 aliphatic rings. The summed E-state index contributed by atoms with van der Waals surface area (Å²) < 4.78 is 6.19. The Kier molecular flexibility index (Phi) is 5.98. The van der Waals surface area contributed by atoms with Crippen molar-refractivity contribution in [3.8, 4) is 23.0 Å². The van der Waals surface area contributed by atoms with Crippen LogP contribution in [0.3, 0.4) is 0 Å². The minimum atomic E-state index is -0.463. The van der Waals surface area contributed by atoms with Crippen LogP contribution in [-0.2, 0) is 0 Å². The van der Waals surface area contributed by atoms with Crippen LogP contribution < -0.4 is 4.74 Å². The number of hydrogen-bond acceptors (Lipinski definition) is 5. The number of carbonyl (C=O) groups excluding carboxylic acids is 1. The molecule has 0 saturated carbocycles. The molecule has 1 heterocycles.